The van der Waals surface area contributed by atoms with Crippen LogP contribution in [-0.4, -0.2) is 34.8 Å². The Labute approximate surface area is 181 Å². The number of para-hydroxylation sites is 2. The van der Waals surface area contributed by atoms with Crippen molar-refractivity contribution in [3.63, 3.8) is 0 Å². The van der Waals surface area contributed by atoms with Crippen LogP contribution in [0.4, 0.5) is 11.4 Å². The number of carbonyl (C=O) groups excluding carboxylic acids is 3. The highest BCUT2D eigenvalue weighted by molar-refractivity contribution is 6.11. The lowest BCUT2D eigenvalue weighted by atomic mass is 9.60. The number of nitrogens with one attached hydrogen (secondary N) is 1. The summed E-state index contributed by atoms with van der Waals surface area (Å²) in [5.41, 5.74) is 1.54. The summed E-state index contributed by atoms with van der Waals surface area (Å²) in [5, 5.41) is 2.94. The normalized spacial score (nSPS) is 26.4. The molecule has 158 valence electrons. The lowest BCUT2D eigenvalue weighted by molar-refractivity contribution is -0.121. The van der Waals surface area contributed by atoms with E-state index in [1.807, 2.05) is 30.3 Å². The third-order valence-electron chi connectivity index (χ3n) is 7.40. The predicted molar refractivity (Wildman–Crippen MR) is 119 cm³/mol. The maximum Gasteiger partial charge on any atom is 0.258 e. The van der Waals surface area contributed by atoms with Gasteiger partial charge in [-0.25, -0.2) is 0 Å². The first-order chi connectivity index (χ1) is 14.7. The summed E-state index contributed by atoms with van der Waals surface area (Å²) in [4.78, 5) is 43.5. The van der Waals surface area contributed by atoms with Gasteiger partial charge in [0.05, 0.1) is 11.3 Å². The Balaban J connectivity index is 1.82. The molecule has 1 N–H and O–H groups in total. The maximum atomic E-state index is 13.9. The zero-order valence-electron chi connectivity index (χ0n) is 17.9. The highest BCUT2D eigenvalue weighted by Crippen LogP contribution is 2.62. The van der Waals surface area contributed by atoms with E-state index in [0.717, 1.165) is 11.3 Å². The van der Waals surface area contributed by atoms with Crippen molar-refractivity contribution in [2.75, 3.05) is 10.2 Å². The number of allylic oxidation sites excluding steroid dienone is 1. The Hall–Kier alpha value is -3.41. The SMILES string of the molecule is C=CC(C)(C)[C@]12C[C@H]3C(=O)Nc4ccccc4C(=O)N3C1N(C(C)=O)c1ccccc12. The molecule has 3 aliphatic heterocycles. The lowest BCUT2D eigenvalue weighted by Gasteiger charge is -2.45. The number of rotatable bonds is 2. The highest BCUT2D eigenvalue weighted by atomic mass is 16.2. The van der Waals surface area contributed by atoms with E-state index >= 15 is 0 Å². The number of hydrogen-bond acceptors (Lipinski definition) is 3. The molecule has 0 bridgehead atoms. The van der Waals surface area contributed by atoms with Crippen molar-refractivity contribution in [1.82, 2.24) is 4.90 Å². The fraction of sp³-hybridized carbons (Fsp3) is 0.320. The molecule has 0 aromatic heterocycles. The third kappa shape index (κ3) is 2.30. The molecular weight excluding hydrogens is 390 g/mol. The standard InChI is InChI=1S/C25H25N3O3/c1-5-24(3,4)25-14-20-21(30)26-18-12-8-6-10-16(18)22(31)28(20)23(25)27(15(2)29)19-13-9-7-11-17(19)25/h5-13,20,23H,1,14H2,2-4H3,(H,26,30)/t20-,23?,25-/m0/s1. The van der Waals surface area contributed by atoms with E-state index in [4.69, 9.17) is 0 Å². The van der Waals surface area contributed by atoms with Crippen LogP contribution in [0.3, 0.4) is 0 Å². The van der Waals surface area contributed by atoms with Gasteiger partial charge in [0.15, 0.2) is 0 Å². The Morgan fingerprint density at radius 2 is 1.84 bits per heavy atom. The Kier molecular flexibility index (Phi) is 3.97. The number of benzene rings is 2. The molecule has 5 rings (SSSR count). The summed E-state index contributed by atoms with van der Waals surface area (Å²) in [6.07, 6.45) is 1.66. The first-order valence-corrected chi connectivity index (χ1v) is 10.5. The summed E-state index contributed by atoms with van der Waals surface area (Å²) >= 11 is 0. The summed E-state index contributed by atoms with van der Waals surface area (Å²) in [6.45, 7) is 9.72. The third-order valence-corrected chi connectivity index (χ3v) is 7.40. The molecule has 1 fully saturated rings. The zero-order valence-corrected chi connectivity index (χ0v) is 17.9. The van der Waals surface area contributed by atoms with Crippen molar-refractivity contribution in [3.8, 4) is 0 Å². The largest absolute Gasteiger partial charge is 0.324 e. The smallest absolute Gasteiger partial charge is 0.258 e. The van der Waals surface area contributed by atoms with E-state index in [-0.39, 0.29) is 17.7 Å². The topological polar surface area (TPSA) is 69.7 Å². The molecular formula is C25H25N3O3. The van der Waals surface area contributed by atoms with Crippen molar-refractivity contribution >= 4 is 29.1 Å². The van der Waals surface area contributed by atoms with Gasteiger partial charge < -0.3 is 10.2 Å². The average Bonchev–Trinajstić information content (AvgIpc) is 3.22. The van der Waals surface area contributed by atoms with Crippen LogP contribution in [0, 0.1) is 5.41 Å². The molecule has 3 heterocycles. The molecule has 6 heteroatoms. The number of anilines is 2. The van der Waals surface area contributed by atoms with Crippen LogP contribution >= 0.6 is 0 Å². The summed E-state index contributed by atoms with van der Waals surface area (Å²) in [7, 11) is 0. The van der Waals surface area contributed by atoms with Gasteiger partial charge in [0.25, 0.3) is 5.91 Å². The number of carbonyl (C=O) groups is 3. The lowest BCUT2D eigenvalue weighted by Crippen LogP contribution is -2.58. The number of hydrogen-bond donors (Lipinski definition) is 1. The van der Waals surface area contributed by atoms with Crippen molar-refractivity contribution < 1.29 is 14.4 Å². The summed E-state index contributed by atoms with van der Waals surface area (Å²) < 4.78 is 0. The van der Waals surface area contributed by atoms with Crippen LogP contribution in [0.2, 0.25) is 0 Å². The van der Waals surface area contributed by atoms with Crippen molar-refractivity contribution in [2.24, 2.45) is 5.41 Å². The van der Waals surface area contributed by atoms with Crippen LogP contribution < -0.4 is 10.2 Å². The van der Waals surface area contributed by atoms with Gasteiger partial charge >= 0.3 is 0 Å². The quantitative estimate of drug-likeness (QED) is 0.761. The fourth-order valence-electron chi connectivity index (χ4n) is 5.78. The van der Waals surface area contributed by atoms with Crippen LogP contribution in [-0.2, 0) is 15.0 Å². The molecule has 0 aliphatic carbocycles. The van der Waals surface area contributed by atoms with Gasteiger partial charge in [-0.15, -0.1) is 6.58 Å². The summed E-state index contributed by atoms with van der Waals surface area (Å²) in [6, 6.07) is 14.1. The molecule has 1 unspecified atom stereocenters. The summed E-state index contributed by atoms with van der Waals surface area (Å²) in [5.74, 6) is -0.636. The molecule has 3 amide bonds. The predicted octanol–water partition coefficient (Wildman–Crippen LogP) is 3.70. The molecule has 3 atom stereocenters. The van der Waals surface area contributed by atoms with Crippen molar-refractivity contribution in [1.29, 1.82) is 0 Å². The van der Waals surface area contributed by atoms with E-state index in [1.54, 1.807) is 34.1 Å². The fourth-order valence-corrected chi connectivity index (χ4v) is 5.78. The first-order valence-electron chi connectivity index (χ1n) is 10.5. The Morgan fingerprint density at radius 3 is 2.55 bits per heavy atom. The Morgan fingerprint density at radius 1 is 1.16 bits per heavy atom. The monoisotopic (exact) mass is 415 g/mol. The number of amides is 3. The van der Waals surface area contributed by atoms with Crippen molar-refractivity contribution in [2.45, 2.75) is 44.8 Å². The minimum absolute atomic E-state index is 0.162. The molecule has 1 saturated heterocycles. The minimum atomic E-state index is -0.695. The molecule has 6 nitrogen and oxygen atoms in total. The van der Waals surface area contributed by atoms with Crippen LogP contribution in [0.5, 0.6) is 0 Å². The minimum Gasteiger partial charge on any atom is -0.324 e. The molecule has 0 radical (unpaired) electrons. The number of fused-ring (bicyclic) bond motifs is 6. The maximum absolute atomic E-state index is 13.9. The van der Waals surface area contributed by atoms with Gasteiger partial charge in [-0.05, 0) is 35.6 Å². The van der Waals surface area contributed by atoms with Crippen molar-refractivity contribution in [3.05, 3.63) is 72.3 Å². The molecule has 2 aromatic carbocycles. The van der Waals surface area contributed by atoms with Gasteiger partial charge in [0.1, 0.15) is 12.2 Å². The zero-order chi connectivity index (χ0) is 22.1. The second-order valence-electron chi connectivity index (χ2n) is 9.14. The van der Waals surface area contributed by atoms with E-state index in [1.165, 1.54) is 6.92 Å². The first kappa shape index (κ1) is 19.5. The average molecular weight is 415 g/mol. The van der Waals surface area contributed by atoms with Gasteiger partial charge in [0, 0.05) is 18.0 Å². The molecule has 3 aliphatic rings. The van der Waals surface area contributed by atoms with E-state index in [2.05, 4.69) is 25.7 Å². The highest BCUT2D eigenvalue weighted by Gasteiger charge is 2.69. The van der Waals surface area contributed by atoms with Gasteiger partial charge in [-0.3, -0.25) is 19.3 Å². The number of nitrogens with zero attached hydrogens (tertiary/aromatic N) is 2. The van der Waals surface area contributed by atoms with E-state index in [0.29, 0.717) is 17.7 Å². The van der Waals surface area contributed by atoms with Crippen LogP contribution in [0.15, 0.2) is 61.2 Å². The molecule has 2 aromatic rings. The second-order valence-corrected chi connectivity index (χ2v) is 9.14. The molecule has 0 saturated carbocycles. The Bertz CT molecular complexity index is 1150. The van der Waals surface area contributed by atoms with Gasteiger partial charge in [0.2, 0.25) is 11.8 Å². The van der Waals surface area contributed by atoms with E-state index < -0.39 is 23.0 Å². The van der Waals surface area contributed by atoms with Gasteiger partial charge in [-0.2, -0.15) is 0 Å². The van der Waals surface area contributed by atoms with Crippen LogP contribution in [0.1, 0.15) is 43.1 Å². The molecule has 31 heavy (non-hydrogen) atoms. The van der Waals surface area contributed by atoms with Gasteiger partial charge in [-0.1, -0.05) is 50.3 Å². The molecule has 0 spiro atoms. The van der Waals surface area contributed by atoms with Crippen LogP contribution in [0.25, 0.3) is 0 Å². The second kappa shape index (κ2) is 6.30. The van der Waals surface area contributed by atoms with E-state index in [9.17, 15) is 14.4 Å².